The Balaban J connectivity index is 2.29. The maximum atomic E-state index is 3.61. The first-order chi connectivity index (χ1) is 8.15. The average molecular weight is 236 g/mol. The highest BCUT2D eigenvalue weighted by atomic mass is 14.9. The molecular weight excluding hydrogens is 208 g/mol. The lowest BCUT2D eigenvalue weighted by Crippen LogP contribution is -2.27. The van der Waals surface area contributed by atoms with Gasteiger partial charge in [-0.25, -0.2) is 0 Å². The molecule has 0 bridgehead atoms. The molecule has 0 aliphatic rings. The van der Waals surface area contributed by atoms with E-state index in [1.807, 2.05) is 0 Å². The Bertz CT molecular complexity index is 304. The van der Waals surface area contributed by atoms with E-state index >= 15 is 0 Å². The van der Waals surface area contributed by atoms with Crippen molar-refractivity contribution in [2.75, 3.05) is 0 Å². The van der Waals surface area contributed by atoms with Crippen LogP contribution < -0.4 is 5.32 Å². The first-order valence-electron chi connectivity index (χ1n) is 7.03. The van der Waals surface area contributed by atoms with Gasteiger partial charge in [0.2, 0.25) is 0 Å². The largest absolute Gasteiger partial charge is 0.354 e. The summed E-state index contributed by atoms with van der Waals surface area (Å²) in [6.45, 7) is 11.2. The van der Waals surface area contributed by atoms with Gasteiger partial charge in [0.1, 0.15) is 0 Å². The summed E-state index contributed by atoms with van der Waals surface area (Å²) in [5, 5.41) is 3.61. The van der Waals surface area contributed by atoms with Crippen LogP contribution in [0.1, 0.15) is 52.5 Å². The molecule has 0 amide bonds. The minimum Gasteiger partial charge on any atom is -0.354 e. The number of aryl methyl sites for hydroxylation is 1. The third-order valence-electron chi connectivity index (χ3n) is 3.40. The number of hydrogen-bond donors (Lipinski definition) is 1. The summed E-state index contributed by atoms with van der Waals surface area (Å²) in [4.78, 5) is 0. The molecule has 1 N–H and O–H groups in total. The quantitative estimate of drug-likeness (QED) is 0.726. The van der Waals surface area contributed by atoms with Gasteiger partial charge in [0.25, 0.3) is 0 Å². The van der Waals surface area contributed by atoms with E-state index in [4.69, 9.17) is 0 Å². The molecular formula is C15H28N2. The molecule has 0 radical (unpaired) electrons. The van der Waals surface area contributed by atoms with Crippen molar-refractivity contribution >= 4 is 0 Å². The SMILES string of the molecule is CCCn1ccc(CNC(C)CC(C)CC)c1. The van der Waals surface area contributed by atoms with Crippen LogP contribution in [0.2, 0.25) is 0 Å². The van der Waals surface area contributed by atoms with E-state index in [1.54, 1.807) is 0 Å². The van der Waals surface area contributed by atoms with Crippen LogP contribution in [0, 0.1) is 5.92 Å². The second kappa shape index (κ2) is 7.54. The standard InChI is InChI=1S/C15H28N2/c1-5-8-17-9-7-15(12-17)11-16-14(4)10-13(3)6-2/h7,9,12-14,16H,5-6,8,10-11H2,1-4H3. The van der Waals surface area contributed by atoms with Crippen molar-refractivity contribution < 1.29 is 0 Å². The molecule has 0 aliphatic carbocycles. The van der Waals surface area contributed by atoms with E-state index in [0.717, 1.165) is 19.0 Å². The Morgan fingerprint density at radius 2 is 2.06 bits per heavy atom. The lowest BCUT2D eigenvalue weighted by molar-refractivity contribution is 0.412. The van der Waals surface area contributed by atoms with Crippen LogP contribution in [0.25, 0.3) is 0 Å². The molecule has 0 spiro atoms. The van der Waals surface area contributed by atoms with Gasteiger partial charge in [0.15, 0.2) is 0 Å². The number of rotatable bonds is 8. The monoisotopic (exact) mass is 236 g/mol. The second-order valence-electron chi connectivity index (χ2n) is 5.29. The Labute approximate surface area is 106 Å². The molecule has 0 saturated heterocycles. The van der Waals surface area contributed by atoms with E-state index in [0.29, 0.717) is 6.04 Å². The van der Waals surface area contributed by atoms with Gasteiger partial charge >= 0.3 is 0 Å². The van der Waals surface area contributed by atoms with E-state index < -0.39 is 0 Å². The van der Waals surface area contributed by atoms with E-state index in [1.165, 1.54) is 24.8 Å². The summed E-state index contributed by atoms with van der Waals surface area (Å²) in [5.41, 5.74) is 1.40. The van der Waals surface area contributed by atoms with Crippen molar-refractivity contribution in [1.29, 1.82) is 0 Å². The highest BCUT2D eigenvalue weighted by Crippen LogP contribution is 2.10. The first-order valence-corrected chi connectivity index (χ1v) is 7.03. The predicted octanol–water partition coefficient (Wildman–Crippen LogP) is 3.81. The molecule has 17 heavy (non-hydrogen) atoms. The maximum absolute atomic E-state index is 3.61. The third-order valence-corrected chi connectivity index (χ3v) is 3.40. The van der Waals surface area contributed by atoms with Gasteiger partial charge < -0.3 is 9.88 Å². The molecule has 2 unspecified atom stereocenters. The molecule has 0 aromatic carbocycles. The number of nitrogens with zero attached hydrogens (tertiary/aromatic N) is 1. The fourth-order valence-electron chi connectivity index (χ4n) is 2.14. The summed E-state index contributed by atoms with van der Waals surface area (Å²) in [5.74, 6) is 0.821. The van der Waals surface area contributed by atoms with E-state index in [2.05, 4.69) is 56.0 Å². The van der Waals surface area contributed by atoms with Gasteiger partial charge in [0, 0.05) is 31.5 Å². The molecule has 1 aromatic rings. The lowest BCUT2D eigenvalue weighted by atomic mass is 10.0. The van der Waals surface area contributed by atoms with E-state index in [9.17, 15) is 0 Å². The lowest BCUT2D eigenvalue weighted by Gasteiger charge is -2.17. The predicted molar refractivity (Wildman–Crippen MR) is 75.1 cm³/mol. The minimum atomic E-state index is 0.611. The third kappa shape index (κ3) is 5.40. The molecule has 0 aliphatic heterocycles. The summed E-state index contributed by atoms with van der Waals surface area (Å²) < 4.78 is 2.27. The van der Waals surface area contributed by atoms with Crippen molar-refractivity contribution in [2.45, 2.75) is 66.1 Å². The molecule has 0 fully saturated rings. The van der Waals surface area contributed by atoms with Crippen LogP contribution in [-0.4, -0.2) is 10.6 Å². The molecule has 0 saturated carbocycles. The normalized spacial score (nSPS) is 14.8. The van der Waals surface area contributed by atoms with Gasteiger partial charge in [-0.3, -0.25) is 0 Å². The van der Waals surface area contributed by atoms with Gasteiger partial charge in [-0.2, -0.15) is 0 Å². The van der Waals surface area contributed by atoms with Crippen molar-refractivity contribution in [3.05, 3.63) is 24.0 Å². The van der Waals surface area contributed by atoms with Gasteiger partial charge in [-0.05, 0) is 37.3 Å². The topological polar surface area (TPSA) is 17.0 Å². The second-order valence-corrected chi connectivity index (χ2v) is 5.29. The highest BCUT2D eigenvalue weighted by Gasteiger charge is 2.06. The fourth-order valence-corrected chi connectivity index (χ4v) is 2.14. The molecule has 1 heterocycles. The number of hydrogen-bond acceptors (Lipinski definition) is 1. The van der Waals surface area contributed by atoms with E-state index in [-0.39, 0.29) is 0 Å². The number of aromatic nitrogens is 1. The molecule has 2 heteroatoms. The van der Waals surface area contributed by atoms with Gasteiger partial charge in [-0.1, -0.05) is 27.2 Å². The first kappa shape index (κ1) is 14.3. The highest BCUT2D eigenvalue weighted by molar-refractivity contribution is 5.10. The van der Waals surface area contributed by atoms with Crippen LogP contribution in [0.15, 0.2) is 18.5 Å². The minimum absolute atomic E-state index is 0.611. The Kier molecular flexibility index (Phi) is 6.35. The van der Waals surface area contributed by atoms with Crippen LogP contribution in [0.4, 0.5) is 0 Å². The van der Waals surface area contributed by atoms with Crippen LogP contribution in [-0.2, 0) is 13.1 Å². The molecule has 98 valence electrons. The number of nitrogens with one attached hydrogen (secondary N) is 1. The molecule has 1 rings (SSSR count). The maximum Gasteiger partial charge on any atom is 0.0223 e. The Morgan fingerprint density at radius 1 is 1.29 bits per heavy atom. The van der Waals surface area contributed by atoms with Crippen molar-refractivity contribution in [3.8, 4) is 0 Å². The van der Waals surface area contributed by atoms with Crippen molar-refractivity contribution in [3.63, 3.8) is 0 Å². The van der Waals surface area contributed by atoms with Crippen molar-refractivity contribution in [2.24, 2.45) is 5.92 Å². The zero-order chi connectivity index (χ0) is 12.7. The molecule has 2 atom stereocenters. The van der Waals surface area contributed by atoms with Gasteiger partial charge in [0.05, 0.1) is 0 Å². The molecule has 1 aromatic heterocycles. The van der Waals surface area contributed by atoms with Crippen LogP contribution in [0.3, 0.4) is 0 Å². The Hall–Kier alpha value is -0.760. The summed E-state index contributed by atoms with van der Waals surface area (Å²) in [6.07, 6.45) is 8.18. The van der Waals surface area contributed by atoms with Crippen molar-refractivity contribution in [1.82, 2.24) is 9.88 Å². The molecule has 2 nitrogen and oxygen atoms in total. The van der Waals surface area contributed by atoms with Gasteiger partial charge in [-0.15, -0.1) is 0 Å². The summed E-state index contributed by atoms with van der Waals surface area (Å²) in [7, 11) is 0. The Morgan fingerprint density at radius 3 is 2.71 bits per heavy atom. The fraction of sp³-hybridized carbons (Fsp3) is 0.733. The summed E-state index contributed by atoms with van der Waals surface area (Å²) in [6, 6.07) is 2.83. The van der Waals surface area contributed by atoms with Crippen LogP contribution >= 0.6 is 0 Å². The zero-order valence-corrected chi connectivity index (χ0v) is 11.9. The average Bonchev–Trinajstić information content (AvgIpc) is 2.74. The summed E-state index contributed by atoms with van der Waals surface area (Å²) >= 11 is 0. The van der Waals surface area contributed by atoms with Crippen LogP contribution in [0.5, 0.6) is 0 Å². The smallest absolute Gasteiger partial charge is 0.0223 e. The zero-order valence-electron chi connectivity index (χ0n) is 11.9.